The molecule has 1 aliphatic carbocycles. The third kappa shape index (κ3) is 3.69. The molecule has 6 heteroatoms. The summed E-state index contributed by atoms with van der Waals surface area (Å²) >= 11 is 6.14. The molecule has 20 heavy (non-hydrogen) atoms. The number of benzene rings is 1. The van der Waals surface area contributed by atoms with Crippen LogP contribution in [-0.2, 0) is 6.54 Å². The van der Waals surface area contributed by atoms with Crippen LogP contribution in [-0.4, -0.2) is 34.1 Å². The molecule has 0 saturated heterocycles. The molecule has 0 radical (unpaired) electrons. The first-order valence-electron chi connectivity index (χ1n) is 6.89. The van der Waals surface area contributed by atoms with Gasteiger partial charge in [-0.25, -0.2) is 0 Å². The fraction of sp³-hybridized carbons (Fsp3) is 0.571. The van der Waals surface area contributed by atoms with Crippen molar-refractivity contribution in [2.24, 2.45) is 0 Å². The second-order valence-corrected chi connectivity index (χ2v) is 5.57. The number of hydrogen-bond donors (Lipinski definition) is 1. The predicted octanol–water partition coefficient (Wildman–Crippen LogP) is 2.99. The second kappa shape index (κ2) is 7.02. The maximum absolute atomic E-state index is 10.8. The Morgan fingerprint density at radius 2 is 2.10 bits per heavy atom. The molecule has 0 atom stereocenters. The largest absolute Gasteiger partial charge is 0.395 e. The molecule has 110 valence electrons. The van der Waals surface area contributed by atoms with Crippen molar-refractivity contribution in [3.63, 3.8) is 0 Å². The van der Waals surface area contributed by atoms with E-state index in [0.29, 0.717) is 24.2 Å². The number of aliphatic hydroxyl groups excluding tert-OH is 1. The van der Waals surface area contributed by atoms with Crippen LogP contribution in [0.3, 0.4) is 0 Å². The van der Waals surface area contributed by atoms with Gasteiger partial charge in [-0.1, -0.05) is 24.4 Å². The van der Waals surface area contributed by atoms with E-state index in [1.807, 2.05) is 0 Å². The lowest BCUT2D eigenvalue weighted by Crippen LogP contribution is -2.35. The molecule has 0 aromatic heterocycles. The maximum atomic E-state index is 10.8. The van der Waals surface area contributed by atoms with Gasteiger partial charge < -0.3 is 5.11 Å². The highest BCUT2D eigenvalue weighted by Crippen LogP contribution is 2.28. The molecule has 1 aromatic rings. The zero-order valence-electron chi connectivity index (χ0n) is 11.3. The summed E-state index contributed by atoms with van der Waals surface area (Å²) in [6.07, 6.45) is 4.64. The molecule has 0 aliphatic heterocycles. The van der Waals surface area contributed by atoms with E-state index in [4.69, 9.17) is 11.6 Å². The van der Waals surface area contributed by atoms with Gasteiger partial charge in [-0.05, 0) is 24.5 Å². The second-order valence-electron chi connectivity index (χ2n) is 5.17. The fourth-order valence-corrected chi connectivity index (χ4v) is 2.98. The van der Waals surface area contributed by atoms with E-state index >= 15 is 0 Å². The summed E-state index contributed by atoms with van der Waals surface area (Å²) in [4.78, 5) is 12.6. The summed E-state index contributed by atoms with van der Waals surface area (Å²) in [5, 5.41) is 20.6. The molecule has 0 bridgehead atoms. The van der Waals surface area contributed by atoms with Crippen molar-refractivity contribution in [2.45, 2.75) is 38.3 Å². The zero-order valence-corrected chi connectivity index (χ0v) is 12.1. The lowest BCUT2D eigenvalue weighted by Gasteiger charge is -2.28. The van der Waals surface area contributed by atoms with Crippen LogP contribution in [0.25, 0.3) is 0 Å². The topological polar surface area (TPSA) is 66.6 Å². The molecule has 1 aromatic carbocycles. The number of nitrogens with zero attached hydrogens (tertiary/aromatic N) is 2. The van der Waals surface area contributed by atoms with E-state index in [2.05, 4.69) is 4.90 Å². The molecule has 1 aliphatic rings. The van der Waals surface area contributed by atoms with Gasteiger partial charge in [0.25, 0.3) is 5.69 Å². The minimum Gasteiger partial charge on any atom is -0.395 e. The Kier molecular flexibility index (Phi) is 5.34. The van der Waals surface area contributed by atoms with Crippen LogP contribution in [0, 0.1) is 10.1 Å². The number of aliphatic hydroxyl groups is 1. The number of hydrogen-bond acceptors (Lipinski definition) is 4. The summed E-state index contributed by atoms with van der Waals surface area (Å²) in [7, 11) is 0. The van der Waals surface area contributed by atoms with Crippen LogP contribution >= 0.6 is 11.6 Å². The number of rotatable bonds is 6. The van der Waals surface area contributed by atoms with Gasteiger partial charge in [-0.3, -0.25) is 15.0 Å². The summed E-state index contributed by atoms with van der Waals surface area (Å²) in [5.41, 5.74) is 0.806. The third-order valence-corrected chi connectivity index (χ3v) is 4.21. The van der Waals surface area contributed by atoms with Crippen LogP contribution in [0.4, 0.5) is 5.69 Å². The van der Waals surface area contributed by atoms with Crippen molar-refractivity contribution in [3.8, 4) is 0 Å². The Bertz CT molecular complexity index is 475. The molecule has 1 fully saturated rings. The van der Waals surface area contributed by atoms with Gasteiger partial charge in [0.15, 0.2) is 0 Å². The molecular weight excluding hydrogens is 280 g/mol. The van der Waals surface area contributed by atoms with Crippen molar-refractivity contribution in [1.82, 2.24) is 4.90 Å². The molecule has 2 rings (SSSR count). The van der Waals surface area contributed by atoms with Crippen molar-refractivity contribution in [1.29, 1.82) is 0 Å². The molecule has 0 heterocycles. The van der Waals surface area contributed by atoms with Gasteiger partial charge in [0.2, 0.25) is 0 Å². The number of non-ortho nitro benzene ring substituents is 1. The first kappa shape index (κ1) is 15.2. The highest BCUT2D eigenvalue weighted by atomic mass is 35.5. The fourth-order valence-electron chi connectivity index (χ4n) is 2.80. The van der Waals surface area contributed by atoms with Crippen molar-refractivity contribution < 1.29 is 10.0 Å². The summed E-state index contributed by atoms with van der Waals surface area (Å²) in [5.74, 6) is 0. The molecule has 5 nitrogen and oxygen atoms in total. The first-order chi connectivity index (χ1) is 9.61. The smallest absolute Gasteiger partial charge is 0.269 e. The third-order valence-electron chi connectivity index (χ3n) is 3.84. The van der Waals surface area contributed by atoms with Crippen LogP contribution in [0.5, 0.6) is 0 Å². The van der Waals surface area contributed by atoms with Gasteiger partial charge in [0, 0.05) is 36.3 Å². The average Bonchev–Trinajstić information content (AvgIpc) is 2.94. The van der Waals surface area contributed by atoms with Gasteiger partial charge in [-0.2, -0.15) is 0 Å². The monoisotopic (exact) mass is 298 g/mol. The normalized spacial score (nSPS) is 15.9. The minimum atomic E-state index is -0.411. The number of nitro benzene ring substituents is 1. The van der Waals surface area contributed by atoms with Crippen molar-refractivity contribution >= 4 is 17.3 Å². The molecule has 1 saturated carbocycles. The highest BCUT2D eigenvalue weighted by Gasteiger charge is 2.23. The van der Waals surface area contributed by atoms with E-state index in [0.717, 1.165) is 18.4 Å². The number of halogens is 1. The SMILES string of the molecule is O=[N+]([O-])c1ccc(Cl)c(CN(CCO)C2CCCC2)c1. The Morgan fingerprint density at radius 1 is 1.40 bits per heavy atom. The molecule has 0 spiro atoms. The minimum absolute atomic E-state index is 0.0553. The van der Waals surface area contributed by atoms with Gasteiger partial charge in [0.1, 0.15) is 0 Å². The lowest BCUT2D eigenvalue weighted by molar-refractivity contribution is -0.384. The van der Waals surface area contributed by atoms with E-state index in [1.54, 1.807) is 6.07 Å². The van der Waals surface area contributed by atoms with E-state index in [1.165, 1.54) is 25.0 Å². The average molecular weight is 299 g/mol. The molecule has 1 N–H and O–H groups in total. The van der Waals surface area contributed by atoms with Crippen LogP contribution in [0.2, 0.25) is 5.02 Å². The van der Waals surface area contributed by atoms with Crippen LogP contribution in [0.1, 0.15) is 31.2 Å². The predicted molar refractivity (Wildman–Crippen MR) is 77.9 cm³/mol. The summed E-state index contributed by atoms with van der Waals surface area (Å²) < 4.78 is 0. The zero-order chi connectivity index (χ0) is 14.5. The first-order valence-corrected chi connectivity index (χ1v) is 7.27. The van der Waals surface area contributed by atoms with Gasteiger partial charge in [0.05, 0.1) is 11.5 Å². The van der Waals surface area contributed by atoms with E-state index in [9.17, 15) is 15.2 Å². The molecule has 0 unspecified atom stereocenters. The summed E-state index contributed by atoms with van der Waals surface area (Å²) in [6, 6.07) is 4.96. The molecular formula is C14H19ClN2O3. The van der Waals surface area contributed by atoms with E-state index in [-0.39, 0.29) is 12.3 Å². The van der Waals surface area contributed by atoms with Crippen molar-refractivity contribution in [3.05, 3.63) is 38.9 Å². The highest BCUT2D eigenvalue weighted by molar-refractivity contribution is 6.31. The lowest BCUT2D eigenvalue weighted by atomic mass is 10.1. The van der Waals surface area contributed by atoms with Crippen LogP contribution < -0.4 is 0 Å². The van der Waals surface area contributed by atoms with Gasteiger partial charge in [-0.15, -0.1) is 0 Å². The number of nitro groups is 1. The Balaban J connectivity index is 2.16. The standard InChI is InChI=1S/C14H19ClN2O3/c15-14-6-5-13(17(19)20)9-11(14)10-16(7-8-18)12-3-1-2-4-12/h5-6,9,12,18H,1-4,7-8,10H2. The Labute approximate surface area is 123 Å². The van der Waals surface area contributed by atoms with Gasteiger partial charge >= 0.3 is 0 Å². The van der Waals surface area contributed by atoms with Crippen molar-refractivity contribution in [2.75, 3.05) is 13.2 Å². The Morgan fingerprint density at radius 3 is 2.70 bits per heavy atom. The van der Waals surface area contributed by atoms with E-state index < -0.39 is 4.92 Å². The van der Waals surface area contributed by atoms with Crippen LogP contribution in [0.15, 0.2) is 18.2 Å². The quantitative estimate of drug-likeness (QED) is 0.647. The maximum Gasteiger partial charge on any atom is 0.269 e. The summed E-state index contributed by atoms with van der Waals surface area (Å²) in [6.45, 7) is 1.21. The Hall–Kier alpha value is -1.17. The molecule has 0 amide bonds.